The fraction of sp³-hybridized carbons (Fsp3) is 0.500. The van der Waals surface area contributed by atoms with Crippen molar-refractivity contribution in [2.24, 2.45) is 0 Å². The molecule has 1 aromatic rings. The first-order valence-electron chi connectivity index (χ1n) is 6.98. The van der Waals surface area contributed by atoms with Gasteiger partial charge in [-0.15, -0.1) is 0 Å². The van der Waals surface area contributed by atoms with Crippen molar-refractivity contribution in [1.29, 1.82) is 0 Å². The van der Waals surface area contributed by atoms with E-state index in [2.05, 4.69) is 29.6 Å². The maximum atomic E-state index is 5.86. The molecular formula is C16H23NO2. The van der Waals surface area contributed by atoms with Crippen LogP contribution in [0.15, 0.2) is 36.4 Å². The molecule has 19 heavy (non-hydrogen) atoms. The fourth-order valence-electron chi connectivity index (χ4n) is 2.30. The Labute approximate surface area is 115 Å². The van der Waals surface area contributed by atoms with Gasteiger partial charge < -0.3 is 14.8 Å². The van der Waals surface area contributed by atoms with Gasteiger partial charge >= 0.3 is 0 Å². The summed E-state index contributed by atoms with van der Waals surface area (Å²) in [5.74, 6) is 0. The van der Waals surface area contributed by atoms with Crippen LogP contribution in [0.3, 0.4) is 0 Å². The van der Waals surface area contributed by atoms with E-state index in [1.807, 2.05) is 25.2 Å². The van der Waals surface area contributed by atoms with Crippen molar-refractivity contribution in [3.63, 3.8) is 0 Å². The average Bonchev–Trinajstić information content (AvgIpc) is 2.88. The van der Waals surface area contributed by atoms with Crippen LogP contribution in [0.4, 0.5) is 0 Å². The molecule has 3 heteroatoms. The third kappa shape index (κ3) is 5.15. The summed E-state index contributed by atoms with van der Waals surface area (Å²) in [5.41, 5.74) is 1.21. The number of likely N-dealkylation sites (N-methyl/N-ethyl adjacent to an activating group) is 1. The molecule has 0 radical (unpaired) electrons. The first kappa shape index (κ1) is 14.3. The molecule has 1 saturated heterocycles. The molecule has 3 nitrogen and oxygen atoms in total. The molecule has 104 valence electrons. The average molecular weight is 261 g/mol. The fourth-order valence-corrected chi connectivity index (χ4v) is 2.30. The number of hydrogen-bond acceptors (Lipinski definition) is 3. The highest BCUT2D eigenvalue weighted by Gasteiger charge is 2.24. The Hall–Kier alpha value is -1.16. The minimum Gasteiger partial charge on any atom is -0.375 e. The molecule has 0 saturated carbocycles. The van der Waals surface area contributed by atoms with Gasteiger partial charge in [-0.1, -0.05) is 42.5 Å². The second-order valence-corrected chi connectivity index (χ2v) is 4.87. The maximum absolute atomic E-state index is 5.86. The predicted molar refractivity (Wildman–Crippen MR) is 78.1 cm³/mol. The zero-order chi connectivity index (χ0) is 13.3. The second kappa shape index (κ2) is 8.10. The van der Waals surface area contributed by atoms with Crippen molar-refractivity contribution in [2.45, 2.75) is 25.0 Å². The van der Waals surface area contributed by atoms with Gasteiger partial charge in [-0.3, -0.25) is 0 Å². The molecule has 0 aromatic heterocycles. The van der Waals surface area contributed by atoms with Crippen molar-refractivity contribution in [3.05, 3.63) is 42.0 Å². The van der Waals surface area contributed by atoms with Crippen molar-refractivity contribution < 1.29 is 9.47 Å². The molecule has 2 unspecified atom stereocenters. The van der Waals surface area contributed by atoms with E-state index in [1.165, 1.54) is 5.56 Å². The minimum atomic E-state index is 0.267. The number of rotatable bonds is 7. The quantitative estimate of drug-likeness (QED) is 0.765. The summed E-state index contributed by atoms with van der Waals surface area (Å²) in [5, 5.41) is 3.15. The Morgan fingerprint density at radius 3 is 2.84 bits per heavy atom. The van der Waals surface area contributed by atoms with Crippen molar-refractivity contribution in [2.75, 3.05) is 26.8 Å². The summed E-state index contributed by atoms with van der Waals surface area (Å²) in [7, 11) is 1.96. The number of ether oxygens (including phenoxy) is 2. The molecule has 1 aliphatic rings. The molecule has 0 aliphatic carbocycles. The summed E-state index contributed by atoms with van der Waals surface area (Å²) in [6, 6.07) is 10.3. The van der Waals surface area contributed by atoms with Crippen molar-refractivity contribution in [3.8, 4) is 0 Å². The molecule has 0 bridgehead atoms. The van der Waals surface area contributed by atoms with Gasteiger partial charge in [-0.25, -0.2) is 0 Å². The highest BCUT2D eigenvalue weighted by Crippen LogP contribution is 2.19. The molecule has 0 spiro atoms. The molecule has 2 atom stereocenters. The van der Waals surface area contributed by atoms with Gasteiger partial charge in [0, 0.05) is 6.54 Å². The lowest BCUT2D eigenvalue weighted by Gasteiger charge is -2.12. The monoisotopic (exact) mass is 261 g/mol. The molecule has 2 rings (SSSR count). The topological polar surface area (TPSA) is 30.5 Å². The molecule has 1 aliphatic heterocycles. The molecule has 1 aromatic carbocycles. The molecule has 0 amide bonds. The standard InChI is InChI=1S/C16H23NO2/c1-17-12-15-9-10-16(19-15)13-18-11-5-8-14-6-3-2-4-7-14/h2-8,15-17H,9-13H2,1H3/b8-5+. The Bertz CT molecular complexity index is 378. The largest absolute Gasteiger partial charge is 0.375 e. The lowest BCUT2D eigenvalue weighted by atomic mass is 10.2. The van der Waals surface area contributed by atoms with Crippen LogP contribution in [-0.2, 0) is 9.47 Å². The van der Waals surface area contributed by atoms with E-state index in [4.69, 9.17) is 9.47 Å². The smallest absolute Gasteiger partial charge is 0.0814 e. The van der Waals surface area contributed by atoms with Gasteiger partial charge in [-0.2, -0.15) is 0 Å². The van der Waals surface area contributed by atoms with Crippen LogP contribution in [0.5, 0.6) is 0 Å². The third-order valence-corrected chi connectivity index (χ3v) is 3.26. The van der Waals surface area contributed by atoms with Gasteiger partial charge in [0.15, 0.2) is 0 Å². The van der Waals surface area contributed by atoms with Gasteiger partial charge in [0.1, 0.15) is 0 Å². The highest BCUT2D eigenvalue weighted by atomic mass is 16.5. The van der Waals surface area contributed by atoms with E-state index in [1.54, 1.807) is 0 Å². The van der Waals surface area contributed by atoms with E-state index in [9.17, 15) is 0 Å². The van der Waals surface area contributed by atoms with Gasteiger partial charge in [-0.05, 0) is 25.5 Å². The first-order valence-corrected chi connectivity index (χ1v) is 6.98. The predicted octanol–water partition coefficient (Wildman–Crippen LogP) is 2.48. The molecule has 1 N–H and O–H groups in total. The zero-order valence-electron chi connectivity index (χ0n) is 11.5. The van der Waals surface area contributed by atoms with Crippen LogP contribution in [0.2, 0.25) is 0 Å². The van der Waals surface area contributed by atoms with Crippen molar-refractivity contribution in [1.82, 2.24) is 5.32 Å². The Balaban J connectivity index is 1.59. The van der Waals surface area contributed by atoms with E-state index >= 15 is 0 Å². The normalized spacial score (nSPS) is 23.2. The van der Waals surface area contributed by atoms with E-state index < -0.39 is 0 Å². The van der Waals surface area contributed by atoms with Gasteiger partial charge in [0.25, 0.3) is 0 Å². The first-order chi connectivity index (χ1) is 9.38. The summed E-state index contributed by atoms with van der Waals surface area (Å²) >= 11 is 0. The zero-order valence-corrected chi connectivity index (χ0v) is 11.5. The Kier molecular flexibility index (Phi) is 6.08. The van der Waals surface area contributed by atoms with Crippen LogP contribution < -0.4 is 5.32 Å². The van der Waals surface area contributed by atoms with Crippen LogP contribution in [0, 0.1) is 0 Å². The summed E-state index contributed by atoms with van der Waals surface area (Å²) in [4.78, 5) is 0. The number of benzene rings is 1. The van der Waals surface area contributed by atoms with E-state index in [0.29, 0.717) is 19.3 Å². The Morgan fingerprint density at radius 2 is 2.05 bits per heavy atom. The van der Waals surface area contributed by atoms with Gasteiger partial charge in [0.2, 0.25) is 0 Å². The number of hydrogen-bond donors (Lipinski definition) is 1. The van der Waals surface area contributed by atoms with Gasteiger partial charge in [0.05, 0.1) is 25.4 Å². The minimum absolute atomic E-state index is 0.267. The number of nitrogens with one attached hydrogen (secondary N) is 1. The highest BCUT2D eigenvalue weighted by molar-refractivity contribution is 5.48. The third-order valence-electron chi connectivity index (χ3n) is 3.26. The second-order valence-electron chi connectivity index (χ2n) is 4.87. The lowest BCUT2D eigenvalue weighted by Crippen LogP contribution is -2.25. The molecule has 1 fully saturated rings. The summed E-state index contributed by atoms with van der Waals surface area (Å²) in [6.45, 7) is 2.27. The van der Waals surface area contributed by atoms with Crippen LogP contribution in [-0.4, -0.2) is 39.0 Å². The van der Waals surface area contributed by atoms with Crippen molar-refractivity contribution >= 4 is 6.08 Å². The van der Waals surface area contributed by atoms with Crippen LogP contribution >= 0.6 is 0 Å². The van der Waals surface area contributed by atoms with Crippen LogP contribution in [0.25, 0.3) is 6.08 Å². The van der Waals surface area contributed by atoms with E-state index in [-0.39, 0.29) is 6.10 Å². The maximum Gasteiger partial charge on any atom is 0.0814 e. The lowest BCUT2D eigenvalue weighted by molar-refractivity contribution is -0.00745. The molecule has 1 heterocycles. The Morgan fingerprint density at radius 1 is 1.26 bits per heavy atom. The van der Waals surface area contributed by atoms with Crippen LogP contribution in [0.1, 0.15) is 18.4 Å². The summed E-state index contributed by atoms with van der Waals surface area (Å²) in [6.07, 6.45) is 7.00. The molecular weight excluding hydrogens is 238 g/mol. The summed E-state index contributed by atoms with van der Waals surface area (Å²) < 4.78 is 11.5. The van der Waals surface area contributed by atoms with E-state index in [0.717, 1.165) is 19.4 Å². The SMILES string of the molecule is CNCC1CCC(COC/C=C/c2ccccc2)O1.